The van der Waals surface area contributed by atoms with Gasteiger partial charge in [-0.15, -0.1) is 0 Å². The van der Waals surface area contributed by atoms with Gasteiger partial charge in [0.05, 0.1) is 24.2 Å². The van der Waals surface area contributed by atoms with Crippen molar-refractivity contribution in [1.82, 2.24) is 0 Å². The number of carbonyl (C=O) groups is 1. The number of hydrogen-bond acceptors (Lipinski definition) is 4. The second-order valence-corrected chi connectivity index (χ2v) is 17.3. The molecule has 1 heterocycles. The molecule has 216 valence electrons. The summed E-state index contributed by atoms with van der Waals surface area (Å²) < 4.78 is 18.7. The Hall–Kier alpha value is -2.73. The summed E-state index contributed by atoms with van der Waals surface area (Å²) in [4.78, 5) is 12.2. The summed E-state index contributed by atoms with van der Waals surface area (Å²) in [5.41, 5.74) is 1.84. The van der Waals surface area contributed by atoms with Gasteiger partial charge in [0.25, 0.3) is 8.32 Å². The number of rotatable bonds is 10. The Morgan fingerprint density at radius 3 is 2.05 bits per heavy atom. The van der Waals surface area contributed by atoms with Crippen LogP contribution in [0.15, 0.2) is 96.6 Å². The van der Waals surface area contributed by atoms with Crippen LogP contribution >= 0.6 is 0 Å². The first-order valence-electron chi connectivity index (χ1n) is 14.4. The molecule has 2 atom stereocenters. The van der Waals surface area contributed by atoms with E-state index in [1.165, 1.54) is 15.9 Å². The molecule has 2 aromatic carbocycles. The van der Waals surface area contributed by atoms with Crippen LogP contribution in [0.3, 0.4) is 0 Å². The summed E-state index contributed by atoms with van der Waals surface area (Å²) in [5.74, 6) is -0.207. The van der Waals surface area contributed by atoms with Gasteiger partial charge < -0.3 is 13.9 Å². The normalized spacial score (nSPS) is 19.2. The second kappa shape index (κ2) is 13.8. The Balaban J connectivity index is 1.64. The number of esters is 1. The fourth-order valence-corrected chi connectivity index (χ4v) is 9.77. The van der Waals surface area contributed by atoms with E-state index in [9.17, 15) is 4.79 Å². The van der Waals surface area contributed by atoms with Crippen molar-refractivity contribution in [3.05, 3.63) is 96.6 Å². The molecule has 3 rings (SSSR count). The number of hydrogen-bond donors (Lipinski definition) is 0. The molecule has 0 saturated carbocycles. The summed E-state index contributed by atoms with van der Waals surface area (Å²) in [5, 5.41) is 2.53. The molecule has 5 heteroatoms. The summed E-state index contributed by atoms with van der Waals surface area (Å²) in [6, 6.07) is 21.5. The Morgan fingerprint density at radius 2 is 1.52 bits per heavy atom. The maximum Gasteiger partial charge on any atom is 0.311 e. The Bertz CT molecular complexity index is 1130. The molecule has 0 aromatic heterocycles. The Morgan fingerprint density at radius 1 is 0.950 bits per heavy atom. The van der Waals surface area contributed by atoms with Crippen molar-refractivity contribution in [2.45, 2.75) is 85.0 Å². The van der Waals surface area contributed by atoms with Crippen LogP contribution in [-0.2, 0) is 18.7 Å². The SMILES string of the molecule is C=C1C[C@H](COC(=O)C(C)(C)C)O[C@H](/C=C(\C)C/C=C/CO[Si](c2ccccc2)(c2ccccc2)C(C)(C)C)C1. The quantitative estimate of drug-likeness (QED) is 0.176. The summed E-state index contributed by atoms with van der Waals surface area (Å²) >= 11 is 0. The third-order valence-electron chi connectivity index (χ3n) is 7.28. The number of benzene rings is 2. The van der Waals surface area contributed by atoms with Crippen LogP contribution in [0, 0.1) is 5.41 Å². The van der Waals surface area contributed by atoms with Gasteiger partial charge in [-0.25, -0.2) is 0 Å². The third kappa shape index (κ3) is 8.39. The van der Waals surface area contributed by atoms with E-state index < -0.39 is 13.7 Å². The van der Waals surface area contributed by atoms with Crippen LogP contribution < -0.4 is 10.4 Å². The lowest BCUT2D eigenvalue weighted by Gasteiger charge is -2.42. The van der Waals surface area contributed by atoms with E-state index in [2.05, 4.69) is 113 Å². The Kier molecular flexibility index (Phi) is 10.9. The summed E-state index contributed by atoms with van der Waals surface area (Å²) in [6.07, 6.45) is 8.63. The average Bonchev–Trinajstić information content (AvgIpc) is 2.89. The van der Waals surface area contributed by atoms with Crippen molar-refractivity contribution in [2.75, 3.05) is 13.2 Å². The first-order chi connectivity index (χ1) is 18.8. The highest BCUT2D eigenvalue weighted by atomic mass is 28.4. The van der Waals surface area contributed by atoms with Gasteiger partial charge in [0.2, 0.25) is 0 Å². The maximum atomic E-state index is 12.2. The topological polar surface area (TPSA) is 44.8 Å². The highest BCUT2D eigenvalue weighted by Crippen LogP contribution is 2.36. The van der Waals surface area contributed by atoms with Crippen molar-refractivity contribution < 1.29 is 18.7 Å². The van der Waals surface area contributed by atoms with Gasteiger partial charge in [-0.05, 0) is 62.4 Å². The molecule has 0 unspecified atom stereocenters. The van der Waals surface area contributed by atoms with Gasteiger partial charge >= 0.3 is 5.97 Å². The lowest BCUT2D eigenvalue weighted by molar-refractivity contribution is -0.158. The summed E-state index contributed by atoms with van der Waals surface area (Å²) in [6.45, 7) is 19.6. The molecule has 0 bridgehead atoms. The van der Waals surface area contributed by atoms with E-state index in [-0.39, 0.29) is 29.8 Å². The zero-order valence-corrected chi connectivity index (χ0v) is 26.5. The fourth-order valence-electron chi connectivity index (χ4n) is 5.27. The Labute approximate surface area is 243 Å². The van der Waals surface area contributed by atoms with Crippen LogP contribution in [0.4, 0.5) is 0 Å². The first-order valence-corrected chi connectivity index (χ1v) is 16.3. The van der Waals surface area contributed by atoms with E-state index in [1.807, 2.05) is 20.8 Å². The molecular weight excluding hydrogens is 512 g/mol. The van der Waals surface area contributed by atoms with Gasteiger partial charge in [0.1, 0.15) is 6.61 Å². The maximum absolute atomic E-state index is 12.2. The minimum atomic E-state index is -2.54. The largest absolute Gasteiger partial charge is 0.463 e. The number of ether oxygens (including phenoxy) is 2. The number of carbonyl (C=O) groups excluding carboxylic acids is 1. The average molecular weight is 561 g/mol. The molecule has 0 radical (unpaired) electrons. The molecule has 1 aliphatic rings. The molecule has 0 N–H and O–H groups in total. The van der Waals surface area contributed by atoms with E-state index in [1.54, 1.807) is 0 Å². The highest BCUT2D eigenvalue weighted by molar-refractivity contribution is 6.99. The predicted octanol–water partition coefficient (Wildman–Crippen LogP) is 7.15. The third-order valence-corrected chi connectivity index (χ3v) is 12.3. The molecule has 1 aliphatic heterocycles. The minimum Gasteiger partial charge on any atom is -0.463 e. The standard InChI is InChI=1S/C35H48O4Si/c1-27(23-29-24-28(2)25-30(39-29)26-37-33(36)34(3,4)5)17-15-16-22-38-40(35(6,7)8,31-18-11-9-12-19-31)32-20-13-10-14-21-32/h9-16,18-21,23,29-30H,2,17,22,24-26H2,1,3-8H3/b16-15+,27-23+/t29-,30-/m1/s1. The van der Waals surface area contributed by atoms with Crippen LogP contribution in [0.25, 0.3) is 0 Å². The van der Waals surface area contributed by atoms with E-state index in [4.69, 9.17) is 13.9 Å². The molecule has 0 aliphatic carbocycles. The lowest BCUT2D eigenvalue weighted by Crippen LogP contribution is -2.66. The molecule has 1 saturated heterocycles. The zero-order valence-electron chi connectivity index (χ0n) is 25.5. The van der Waals surface area contributed by atoms with E-state index in [0.29, 0.717) is 6.61 Å². The van der Waals surface area contributed by atoms with E-state index >= 15 is 0 Å². The van der Waals surface area contributed by atoms with E-state index in [0.717, 1.165) is 24.8 Å². The van der Waals surface area contributed by atoms with Crippen molar-refractivity contribution in [3.63, 3.8) is 0 Å². The predicted molar refractivity (Wildman–Crippen MR) is 169 cm³/mol. The lowest BCUT2D eigenvalue weighted by atomic mass is 9.96. The fraction of sp³-hybridized carbons (Fsp3) is 0.457. The molecule has 0 amide bonds. The molecule has 2 aromatic rings. The van der Waals surface area contributed by atoms with Crippen LogP contribution in [0.1, 0.15) is 67.7 Å². The smallest absolute Gasteiger partial charge is 0.311 e. The second-order valence-electron chi connectivity index (χ2n) is 13.0. The van der Waals surface area contributed by atoms with Crippen LogP contribution in [0.5, 0.6) is 0 Å². The van der Waals surface area contributed by atoms with Gasteiger partial charge in [0.15, 0.2) is 0 Å². The van der Waals surface area contributed by atoms with Crippen molar-refractivity contribution in [1.29, 1.82) is 0 Å². The van der Waals surface area contributed by atoms with Gasteiger partial charge in [-0.3, -0.25) is 4.79 Å². The molecule has 0 spiro atoms. The highest BCUT2D eigenvalue weighted by Gasteiger charge is 2.49. The van der Waals surface area contributed by atoms with Crippen LogP contribution in [0.2, 0.25) is 5.04 Å². The molecular formula is C35H48O4Si. The first kappa shape index (κ1) is 31.8. The molecule has 4 nitrogen and oxygen atoms in total. The number of allylic oxidation sites excluding steroid dienone is 2. The van der Waals surface area contributed by atoms with Gasteiger partial charge in [-0.1, -0.05) is 117 Å². The van der Waals surface area contributed by atoms with Crippen LogP contribution in [-0.4, -0.2) is 39.7 Å². The molecule has 40 heavy (non-hydrogen) atoms. The van der Waals surface area contributed by atoms with Gasteiger partial charge in [-0.2, -0.15) is 0 Å². The molecule has 1 fully saturated rings. The zero-order chi connectivity index (χ0) is 29.4. The summed E-state index contributed by atoms with van der Waals surface area (Å²) in [7, 11) is -2.54. The monoisotopic (exact) mass is 560 g/mol. The van der Waals surface area contributed by atoms with Gasteiger partial charge in [0, 0.05) is 0 Å². The minimum absolute atomic E-state index is 0.0438. The van der Waals surface area contributed by atoms with Crippen molar-refractivity contribution in [2.24, 2.45) is 5.41 Å². The van der Waals surface area contributed by atoms with Crippen molar-refractivity contribution in [3.8, 4) is 0 Å². The van der Waals surface area contributed by atoms with Crippen molar-refractivity contribution >= 4 is 24.7 Å².